The fourth-order valence-corrected chi connectivity index (χ4v) is 1.84. The van der Waals surface area contributed by atoms with E-state index in [1.54, 1.807) is 0 Å². The Balaban J connectivity index is 2.38. The van der Waals surface area contributed by atoms with Crippen LogP contribution in [0.25, 0.3) is 0 Å². The predicted octanol–water partition coefficient (Wildman–Crippen LogP) is 2.24. The molecule has 1 aromatic carbocycles. The summed E-state index contributed by atoms with van der Waals surface area (Å²) in [4.78, 5) is 2.32. The highest BCUT2D eigenvalue weighted by atomic mass is 16.3. The Hall–Kier alpha value is -0.860. The summed E-state index contributed by atoms with van der Waals surface area (Å²) in [7, 11) is 0. The number of rotatable bonds is 7. The summed E-state index contributed by atoms with van der Waals surface area (Å²) in [5, 5.41) is 8.96. The van der Waals surface area contributed by atoms with Crippen LogP contribution in [0.15, 0.2) is 24.3 Å². The van der Waals surface area contributed by atoms with Gasteiger partial charge in [0.25, 0.3) is 0 Å². The SMILES string of the molecule is CCCN(CCO)CCc1ccc(C)cc1. The fourth-order valence-electron chi connectivity index (χ4n) is 1.84. The van der Waals surface area contributed by atoms with Crippen LogP contribution >= 0.6 is 0 Å². The normalized spacial score (nSPS) is 11.0. The van der Waals surface area contributed by atoms with Crippen LogP contribution in [-0.4, -0.2) is 36.2 Å². The van der Waals surface area contributed by atoms with Crippen LogP contribution in [0.1, 0.15) is 24.5 Å². The Morgan fingerprint density at radius 1 is 1.06 bits per heavy atom. The molecule has 0 aromatic heterocycles. The van der Waals surface area contributed by atoms with Gasteiger partial charge in [0, 0.05) is 13.1 Å². The van der Waals surface area contributed by atoms with Crippen LogP contribution in [0, 0.1) is 6.92 Å². The molecule has 1 N–H and O–H groups in total. The Kier molecular flexibility index (Phi) is 6.12. The Bertz CT molecular complexity index is 275. The number of aliphatic hydroxyl groups excluding tert-OH is 1. The van der Waals surface area contributed by atoms with E-state index in [9.17, 15) is 0 Å². The molecule has 2 heteroatoms. The number of hydrogen-bond donors (Lipinski definition) is 1. The van der Waals surface area contributed by atoms with Crippen molar-refractivity contribution in [2.45, 2.75) is 26.7 Å². The standard InChI is InChI=1S/C14H23NO/c1-3-9-15(11-12-16)10-8-14-6-4-13(2)5-7-14/h4-7,16H,3,8-12H2,1-2H3. The zero-order valence-corrected chi connectivity index (χ0v) is 10.4. The lowest BCUT2D eigenvalue weighted by Crippen LogP contribution is -2.29. The number of hydrogen-bond acceptors (Lipinski definition) is 2. The minimum Gasteiger partial charge on any atom is -0.395 e. The van der Waals surface area contributed by atoms with Crippen molar-refractivity contribution in [1.82, 2.24) is 4.90 Å². The lowest BCUT2D eigenvalue weighted by molar-refractivity contribution is 0.197. The molecule has 90 valence electrons. The van der Waals surface area contributed by atoms with Gasteiger partial charge in [0.15, 0.2) is 0 Å². The van der Waals surface area contributed by atoms with E-state index < -0.39 is 0 Å². The van der Waals surface area contributed by atoms with Crippen molar-refractivity contribution in [3.05, 3.63) is 35.4 Å². The number of nitrogens with zero attached hydrogens (tertiary/aromatic N) is 1. The molecule has 0 atom stereocenters. The van der Waals surface area contributed by atoms with Gasteiger partial charge in [-0.15, -0.1) is 0 Å². The molecule has 0 aliphatic carbocycles. The van der Waals surface area contributed by atoms with Crippen LogP contribution in [0.4, 0.5) is 0 Å². The van der Waals surface area contributed by atoms with E-state index in [0.717, 1.165) is 32.5 Å². The van der Waals surface area contributed by atoms with Crippen molar-refractivity contribution in [2.24, 2.45) is 0 Å². The number of benzene rings is 1. The summed E-state index contributed by atoms with van der Waals surface area (Å²) in [6.45, 7) is 7.45. The second-order valence-corrected chi connectivity index (χ2v) is 4.30. The molecule has 1 aromatic rings. The van der Waals surface area contributed by atoms with E-state index >= 15 is 0 Å². The molecule has 0 unspecified atom stereocenters. The van der Waals surface area contributed by atoms with E-state index in [2.05, 4.69) is 43.0 Å². The Morgan fingerprint density at radius 2 is 1.75 bits per heavy atom. The first-order chi connectivity index (χ1) is 7.76. The minimum atomic E-state index is 0.258. The van der Waals surface area contributed by atoms with Gasteiger partial charge >= 0.3 is 0 Å². The van der Waals surface area contributed by atoms with Crippen molar-refractivity contribution in [3.8, 4) is 0 Å². The van der Waals surface area contributed by atoms with E-state index in [1.807, 2.05) is 0 Å². The van der Waals surface area contributed by atoms with Crippen molar-refractivity contribution in [3.63, 3.8) is 0 Å². The number of aliphatic hydroxyl groups is 1. The van der Waals surface area contributed by atoms with Gasteiger partial charge in [0.2, 0.25) is 0 Å². The molecule has 0 aliphatic heterocycles. The third-order valence-corrected chi connectivity index (χ3v) is 2.79. The fraction of sp³-hybridized carbons (Fsp3) is 0.571. The van der Waals surface area contributed by atoms with Crippen LogP contribution in [-0.2, 0) is 6.42 Å². The molecular formula is C14H23NO. The second kappa shape index (κ2) is 7.42. The topological polar surface area (TPSA) is 23.5 Å². The smallest absolute Gasteiger partial charge is 0.0558 e. The molecule has 0 saturated heterocycles. The van der Waals surface area contributed by atoms with Crippen LogP contribution in [0.2, 0.25) is 0 Å². The summed E-state index contributed by atoms with van der Waals surface area (Å²) in [6.07, 6.45) is 2.22. The van der Waals surface area contributed by atoms with Crippen molar-refractivity contribution in [1.29, 1.82) is 0 Å². The van der Waals surface area contributed by atoms with Crippen molar-refractivity contribution >= 4 is 0 Å². The van der Waals surface area contributed by atoms with Gasteiger partial charge in [-0.25, -0.2) is 0 Å². The second-order valence-electron chi connectivity index (χ2n) is 4.30. The summed E-state index contributed by atoms with van der Waals surface area (Å²) < 4.78 is 0. The predicted molar refractivity (Wildman–Crippen MR) is 68.7 cm³/mol. The highest BCUT2D eigenvalue weighted by molar-refractivity contribution is 5.21. The zero-order chi connectivity index (χ0) is 11.8. The molecule has 0 fully saturated rings. The van der Waals surface area contributed by atoms with E-state index in [0.29, 0.717) is 0 Å². The maximum Gasteiger partial charge on any atom is 0.0558 e. The summed E-state index contributed by atoms with van der Waals surface area (Å²) in [5.74, 6) is 0. The lowest BCUT2D eigenvalue weighted by Gasteiger charge is -2.20. The van der Waals surface area contributed by atoms with Gasteiger partial charge in [0.05, 0.1) is 6.61 Å². The molecule has 0 bridgehead atoms. The maximum absolute atomic E-state index is 8.96. The molecule has 0 saturated carbocycles. The van der Waals surface area contributed by atoms with E-state index in [-0.39, 0.29) is 6.61 Å². The van der Waals surface area contributed by atoms with Crippen LogP contribution < -0.4 is 0 Å². The summed E-state index contributed by atoms with van der Waals surface area (Å²) in [5.41, 5.74) is 2.69. The average Bonchev–Trinajstić information content (AvgIpc) is 2.29. The van der Waals surface area contributed by atoms with Crippen LogP contribution in [0.3, 0.4) is 0 Å². The van der Waals surface area contributed by atoms with Gasteiger partial charge in [-0.2, -0.15) is 0 Å². The first kappa shape index (κ1) is 13.2. The molecule has 0 spiro atoms. The minimum absolute atomic E-state index is 0.258. The monoisotopic (exact) mass is 221 g/mol. The first-order valence-corrected chi connectivity index (χ1v) is 6.15. The largest absolute Gasteiger partial charge is 0.395 e. The number of aryl methyl sites for hydroxylation is 1. The molecule has 0 amide bonds. The molecule has 2 nitrogen and oxygen atoms in total. The summed E-state index contributed by atoms with van der Waals surface area (Å²) in [6, 6.07) is 8.70. The van der Waals surface area contributed by atoms with Gasteiger partial charge in [0.1, 0.15) is 0 Å². The van der Waals surface area contributed by atoms with Gasteiger partial charge in [-0.05, 0) is 31.9 Å². The highest BCUT2D eigenvalue weighted by Gasteiger charge is 2.02. The quantitative estimate of drug-likeness (QED) is 0.763. The maximum atomic E-state index is 8.96. The molecule has 0 radical (unpaired) electrons. The Morgan fingerprint density at radius 3 is 2.31 bits per heavy atom. The van der Waals surface area contributed by atoms with E-state index in [4.69, 9.17) is 5.11 Å². The van der Waals surface area contributed by atoms with Crippen molar-refractivity contribution < 1.29 is 5.11 Å². The van der Waals surface area contributed by atoms with Gasteiger partial charge in [-0.3, -0.25) is 0 Å². The highest BCUT2D eigenvalue weighted by Crippen LogP contribution is 2.05. The van der Waals surface area contributed by atoms with Crippen molar-refractivity contribution in [2.75, 3.05) is 26.2 Å². The average molecular weight is 221 g/mol. The van der Waals surface area contributed by atoms with E-state index in [1.165, 1.54) is 11.1 Å². The molecule has 0 heterocycles. The molecule has 0 aliphatic rings. The summed E-state index contributed by atoms with van der Waals surface area (Å²) >= 11 is 0. The van der Waals surface area contributed by atoms with Gasteiger partial charge in [-0.1, -0.05) is 36.8 Å². The zero-order valence-electron chi connectivity index (χ0n) is 10.4. The third kappa shape index (κ3) is 4.77. The Labute approximate surface area is 98.9 Å². The van der Waals surface area contributed by atoms with Gasteiger partial charge < -0.3 is 10.0 Å². The molecular weight excluding hydrogens is 198 g/mol. The first-order valence-electron chi connectivity index (χ1n) is 6.15. The molecule has 1 rings (SSSR count). The lowest BCUT2D eigenvalue weighted by atomic mass is 10.1. The third-order valence-electron chi connectivity index (χ3n) is 2.79. The molecule has 16 heavy (non-hydrogen) atoms. The van der Waals surface area contributed by atoms with Crippen LogP contribution in [0.5, 0.6) is 0 Å².